The molecule has 0 aromatic heterocycles. The summed E-state index contributed by atoms with van der Waals surface area (Å²) in [5, 5.41) is 9.94. The smallest absolute Gasteiger partial charge is 0.410 e. The van der Waals surface area contributed by atoms with E-state index in [0.717, 1.165) is 45.1 Å². The summed E-state index contributed by atoms with van der Waals surface area (Å²) < 4.78 is 5.47. The van der Waals surface area contributed by atoms with E-state index in [4.69, 9.17) is 9.57 Å². The molecule has 4 fully saturated rings. The molecule has 5 unspecified atom stereocenters. The second-order valence-electron chi connectivity index (χ2n) is 12.0. The van der Waals surface area contributed by atoms with Gasteiger partial charge in [0, 0.05) is 37.9 Å². The average Bonchev–Trinajstić information content (AvgIpc) is 3.37. The van der Waals surface area contributed by atoms with E-state index in [1.807, 2.05) is 20.8 Å². The van der Waals surface area contributed by atoms with Gasteiger partial charge in [-0.25, -0.2) is 10.2 Å². The summed E-state index contributed by atoms with van der Waals surface area (Å²) in [6.07, 6.45) is 7.47. The molecule has 3 aliphatic heterocycles. The first-order chi connectivity index (χ1) is 18.2. The first kappa shape index (κ1) is 29.0. The molecule has 216 valence electrons. The molecule has 5 atom stereocenters. The maximum atomic E-state index is 12.3. The lowest BCUT2D eigenvalue weighted by atomic mass is 9.76. The van der Waals surface area contributed by atoms with E-state index in [2.05, 4.69) is 32.3 Å². The van der Waals surface area contributed by atoms with Crippen molar-refractivity contribution in [3.8, 4) is 0 Å². The SMILES string of the molecule is CC(C)(C)OC(=O)N1CCC(C2NOC(CCC(=O)NCCCNC3NNC(=O)C4CCCCC34)N2)CC1. The number of nitrogens with one attached hydrogen (secondary N) is 6. The van der Waals surface area contributed by atoms with Crippen molar-refractivity contribution in [1.29, 1.82) is 0 Å². The van der Waals surface area contributed by atoms with Crippen LogP contribution in [0.1, 0.15) is 78.6 Å². The molecule has 3 heterocycles. The van der Waals surface area contributed by atoms with Crippen LogP contribution >= 0.6 is 0 Å². The summed E-state index contributed by atoms with van der Waals surface area (Å²) in [6.45, 7) is 8.33. The fourth-order valence-corrected chi connectivity index (χ4v) is 5.90. The lowest BCUT2D eigenvalue weighted by Crippen LogP contribution is -2.64. The number of hydrogen-bond donors (Lipinski definition) is 6. The highest BCUT2D eigenvalue weighted by molar-refractivity contribution is 5.79. The number of likely N-dealkylation sites (tertiary alicyclic amines) is 1. The number of hydrazine groups is 1. The third kappa shape index (κ3) is 8.25. The molecule has 12 nitrogen and oxygen atoms in total. The molecule has 12 heteroatoms. The van der Waals surface area contributed by atoms with Crippen molar-refractivity contribution in [3.05, 3.63) is 0 Å². The fourth-order valence-electron chi connectivity index (χ4n) is 5.90. The third-order valence-electron chi connectivity index (χ3n) is 7.97. The van der Waals surface area contributed by atoms with Gasteiger partial charge >= 0.3 is 6.09 Å². The lowest BCUT2D eigenvalue weighted by Gasteiger charge is -2.41. The highest BCUT2D eigenvalue weighted by Crippen LogP contribution is 2.33. The van der Waals surface area contributed by atoms with Crippen LogP contribution in [0.2, 0.25) is 0 Å². The van der Waals surface area contributed by atoms with Gasteiger partial charge in [-0.3, -0.25) is 25.2 Å². The summed E-state index contributed by atoms with van der Waals surface area (Å²) in [4.78, 5) is 44.1. The Hall–Kier alpha value is -1.99. The molecule has 1 saturated carbocycles. The number of piperidine rings is 1. The molecule has 3 saturated heterocycles. The maximum absolute atomic E-state index is 12.3. The van der Waals surface area contributed by atoms with Crippen LogP contribution in [0, 0.1) is 17.8 Å². The van der Waals surface area contributed by atoms with E-state index in [1.54, 1.807) is 4.90 Å². The Kier molecular flexibility index (Phi) is 10.2. The molecule has 0 bridgehead atoms. The van der Waals surface area contributed by atoms with Crippen molar-refractivity contribution in [2.24, 2.45) is 17.8 Å². The van der Waals surface area contributed by atoms with Crippen molar-refractivity contribution in [3.63, 3.8) is 0 Å². The standard InChI is InChI=1S/C26H47N7O5/c1-26(2,3)37-25(36)33-15-11-17(12-16-33)22-29-21(38-32-22)10-9-20(34)27-13-6-14-28-23-18-7-4-5-8-19(18)24(35)31-30-23/h17-19,21-23,28-30,32H,4-16H2,1-3H3,(H,27,34)(H,31,35). The first-order valence-electron chi connectivity index (χ1n) is 14.4. The zero-order valence-electron chi connectivity index (χ0n) is 23.1. The minimum atomic E-state index is -0.488. The highest BCUT2D eigenvalue weighted by atomic mass is 16.7. The van der Waals surface area contributed by atoms with Gasteiger partial charge < -0.3 is 20.3 Å². The van der Waals surface area contributed by atoms with Crippen LogP contribution in [0.25, 0.3) is 0 Å². The van der Waals surface area contributed by atoms with E-state index in [0.29, 0.717) is 44.3 Å². The predicted octanol–water partition coefficient (Wildman–Crippen LogP) is 1.05. The Morgan fingerprint density at radius 3 is 2.63 bits per heavy atom. The maximum Gasteiger partial charge on any atom is 0.410 e. The number of fused-ring (bicyclic) bond motifs is 1. The zero-order chi connectivity index (χ0) is 27.1. The number of hydroxylamine groups is 1. The molecule has 4 rings (SSSR count). The summed E-state index contributed by atoms with van der Waals surface area (Å²) in [6, 6.07) is 0. The molecular formula is C26H47N7O5. The predicted molar refractivity (Wildman–Crippen MR) is 141 cm³/mol. The summed E-state index contributed by atoms with van der Waals surface area (Å²) in [5.41, 5.74) is 8.51. The number of carbonyl (C=O) groups excluding carboxylic acids is 3. The van der Waals surface area contributed by atoms with Gasteiger partial charge in [0.1, 0.15) is 11.8 Å². The Bertz CT molecular complexity index is 814. The minimum absolute atomic E-state index is 0.0110. The molecule has 0 aromatic carbocycles. The lowest BCUT2D eigenvalue weighted by molar-refractivity contribution is -0.134. The first-order valence-corrected chi connectivity index (χ1v) is 14.4. The quantitative estimate of drug-likeness (QED) is 0.238. The van der Waals surface area contributed by atoms with Crippen molar-refractivity contribution in [2.45, 2.75) is 103 Å². The second kappa shape index (κ2) is 13.4. The van der Waals surface area contributed by atoms with Crippen LogP contribution < -0.4 is 32.3 Å². The molecule has 38 heavy (non-hydrogen) atoms. The zero-order valence-corrected chi connectivity index (χ0v) is 23.1. The molecule has 6 N–H and O–H groups in total. The second-order valence-corrected chi connectivity index (χ2v) is 12.0. The van der Waals surface area contributed by atoms with Crippen LogP contribution in [-0.2, 0) is 19.2 Å². The monoisotopic (exact) mass is 537 g/mol. The molecule has 0 spiro atoms. The number of nitrogens with zero attached hydrogens (tertiary/aromatic N) is 1. The molecule has 0 aromatic rings. The van der Waals surface area contributed by atoms with Crippen LogP contribution in [0.3, 0.4) is 0 Å². The van der Waals surface area contributed by atoms with Crippen LogP contribution in [0.4, 0.5) is 4.79 Å². The van der Waals surface area contributed by atoms with Crippen LogP contribution in [0.15, 0.2) is 0 Å². The Morgan fingerprint density at radius 1 is 1.11 bits per heavy atom. The van der Waals surface area contributed by atoms with Gasteiger partial charge in [0.15, 0.2) is 0 Å². The van der Waals surface area contributed by atoms with Crippen molar-refractivity contribution >= 4 is 17.9 Å². The van der Waals surface area contributed by atoms with E-state index < -0.39 is 5.60 Å². The van der Waals surface area contributed by atoms with Crippen LogP contribution in [-0.4, -0.2) is 73.1 Å². The number of ether oxygens (including phenoxy) is 1. The van der Waals surface area contributed by atoms with Gasteiger partial charge in [0.05, 0.1) is 12.3 Å². The normalized spacial score (nSPS) is 30.4. The van der Waals surface area contributed by atoms with Gasteiger partial charge in [-0.15, -0.1) is 0 Å². The number of carbonyl (C=O) groups is 3. The molecule has 0 radical (unpaired) electrons. The van der Waals surface area contributed by atoms with Gasteiger partial charge in [-0.2, -0.15) is 5.48 Å². The summed E-state index contributed by atoms with van der Waals surface area (Å²) in [5.74, 6) is 0.912. The fraction of sp³-hybridized carbons (Fsp3) is 0.885. The van der Waals surface area contributed by atoms with E-state index in [-0.39, 0.29) is 42.4 Å². The number of rotatable bonds is 9. The van der Waals surface area contributed by atoms with E-state index >= 15 is 0 Å². The third-order valence-corrected chi connectivity index (χ3v) is 7.97. The van der Waals surface area contributed by atoms with Gasteiger partial charge in [0.25, 0.3) is 0 Å². The minimum Gasteiger partial charge on any atom is -0.444 e. The van der Waals surface area contributed by atoms with Crippen molar-refractivity contribution in [2.75, 3.05) is 26.2 Å². The molecule has 4 aliphatic rings. The van der Waals surface area contributed by atoms with E-state index in [9.17, 15) is 14.4 Å². The molecule has 3 amide bonds. The van der Waals surface area contributed by atoms with Crippen LogP contribution in [0.5, 0.6) is 0 Å². The Morgan fingerprint density at radius 2 is 1.87 bits per heavy atom. The Labute approximate surface area is 226 Å². The van der Waals surface area contributed by atoms with Crippen molar-refractivity contribution < 1.29 is 24.0 Å². The summed E-state index contributed by atoms with van der Waals surface area (Å²) >= 11 is 0. The van der Waals surface area contributed by atoms with Gasteiger partial charge in [-0.05, 0) is 71.8 Å². The van der Waals surface area contributed by atoms with Crippen molar-refractivity contribution in [1.82, 2.24) is 37.2 Å². The highest BCUT2D eigenvalue weighted by Gasteiger charge is 2.39. The summed E-state index contributed by atoms with van der Waals surface area (Å²) in [7, 11) is 0. The molecule has 1 aliphatic carbocycles. The van der Waals surface area contributed by atoms with Gasteiger partial charge in [0.2, 0.25) is 11.8 Å². The number of hydrogen-bond acceptors (Lipinski definition) is 9. The number of amides is 3. The van der Waals surface area contributed by atoms with E-state index in [1.165, 1.54) is 6.42 Å². The molecular weight excluding hydrogens is 490 g/mol. The van der Waals surface area contributed by atoms with Gasteiger partial charge in [-0.1, -0.05) is 12.8 Å². The average molecular weight is 538 g/mol. The topological polar surface area (TPSA) is 145 Å². The largest absolute Gasteiger partial charge is 0.444 e. The Balaban J connectivity index is 1.04.